The van der Waals surface area contributed by atoms with E-state index in [1.807, 2.05) is 27.7 Å². The van der Waals surface area contributed by atoms with Crippen LogP contribution in [0.25, 0.3) is 0 Å². The number of rotatable bonds is 14. The van der Waals surface area contributed by atoms with Crippen LogP contribution in [0.5, 0.6) is 5.75 Å². The summed E-state index contributed by atoms with van der Waals surface area (Å²) in [5.74, 6) is -0.223. The summed E-state index contributed by atoms with van der Waals surface area (Å²) in [6.45, 7) is 7.60. The molecule has 0 aromatic heterocycles. The summed E-state index contributed by atoms with van der Waals surface area (Å²) < 4.78 is 34.4. The molecule has 3 aromatic rings. The van der Waals surface area contributed by atoms with Crippen molar-refractivity contribution in [3.63, 3.8) is 0 Å². The Morgan fingerprint density at radius 2 is 1.54 bits per heavy atom. The predicted octanol–water partition coefficient (Wildman–Crippen LogP) is 5.66. The van der Waals surface area contributed by atoms with Crippen LogP contribution in [0, 0.1) is 0 Å². The van der Waals surface area contributed by atoms with Gasteiger partial charge in [0.2, 0.25) is 11.8 Å². The molecule has 0 saturated heterocycles. The maximum atomic E-state index is 14.1. The molecule has 220 valence electrons. The molecule has 0 unspecified atom stereocenters. The lowest BCUT2D eigenvalue weighted by molar-refractivity contribution is -0.140. The average Bonchev–Trinajstić information content (AvgIpc) is 2.97. The third-order valence-electron chi connectivity index (χ3n) is 6.70. The van der Waals surface area contributed by atoms with Crippen molar-refractivity contribution in [2.24, 2.45) is 0 Å². The van der Waals surface area contributed by atoms with Gasteiger partial charge < -0.3 is 15.0 Å². The molecule has 1 N–H and O–H groups in total. The van der Waals surface area contributed by atoms with Crippen molar-refractivity contribution in [2.75, 3.05) is 17.5 Å². The molecule has 0 fully saturated rings. The van der Waals surface area contributed by atoms with Crippen LogP contribution in [-0.4, -0.2) is 50.4 Å². The van der Waals surface area contributed by atoms with Gasteiger partial charge >= 0.3 is 0 Å². The summed E-state index contributed by atoms with van der Waals surface area (Å²) in [5, 5.41) is 3.52. The highest BCUT2D eigenvalue weighted by Gasteiger charge is 2.34. The first kappa shape index (κ1) is 32.0. The Bertz CT molecular complexity index is 1380. The van der Waals surface area contributed by atoms with Crippen molar-refractivity contribution >= 4 is 39.1 Å². The molecule has 0 spiro atoms. The average molecular weight is 600 g/mol. The van der Waals surface area contributed by atoms with Crippen LogP contribution in [-0.2, 0) is 26.2 Å². The minimum atomic E-state index is -4.13. The lowest BCUT2D eigenvalue weighted by atomic mass is 10.1. The van der Waals surface area contributed by atoms with Crippen LogP contribution < -0.4 is 14.4 Å². The Labute approximate surface area is 248 Å². The van der Waals surface area contributed by atoms with Crippen LogP contribution in [0.1, 0.15) is 46.1 Å². The standard InChI is InChI=1S/C31H38ClN3O5S/c1-5-23(4)33-31(37)29(6-2)34(21-24-13-15-25(32)16-14-24)30(36)22-35(26-17-19-27(20-18-26)40-7-3)41(38,39)28-11-9-8-10-12-28/h8-20,23,29H,5-7,21-22H2,1-4H3,(H,33,37)/t23-,29+/m0/s1. The molecular formula is C31H38ClN3O5S. The molecule has 0 saturated carbocycles. The number of nitrogens with one attached hydrogen (secondary N) is 1. The summed E-state index contributed by atoms with van der Waals surface area (Å²) >= 11 is 6.07. The summed E-state index contributed by atoms with van der Waals surface area (Å²) in [4.78, 5) is 28.9. The monoisotopic (exact) mass is 599 g/mol. The van der Waals surface area contributed by atoms with E-state index in [0.29, 0.717) is 29.5 Å². The normalized spacial score (nSPS) is 12.7. The fraction of sp³-hybridized carbons (Fsp3) is 0.355. The van der Waals surface area contributed by atoms with Crippen molar-refractivity contribution in [3.05, 3.63) is 89.4 Å². The third kappa shape index (κ3) is 8.47. The molecule has 2 atom stereocenters. The van der Waals surface area contributed by atoms with E-state index in [4.69, 9.17) is 16.3 Å². The van der Waals surface area contributed by atoms with Crippen LogP contribution in [0.3, 0.4) is 0 Å². The van der Waals surface area contributed by atoms with Gasteiger partial charge in [-0.2, -0.15) is 0 Å². The lowest BCUT2D eigenvalue weighted by Gasteiger charge is -2.33. The summed E-state index contributed by atoms with van der Waals surface area (Å²) in [6.07, 6.45) is 1.07. The topological polar surface area (TPSA) is 96.0 Å². The van der Waals surface area contributed by atoms with Gasteiger partial charge in [0.05, 0.1) is 17.2 Å². The van der Waals surface area contributed by atoms with Gasteiger partial charge in [-0.1, -0.05) is 55.8 Å². The first-order valence-electron chi connectivity index (χ1n) is 13.8. The predicted molar refractivity (Wildman–Crippen MR) is 163 cm³/mol. The fourth-order valence-electron chi connectivity index (χ4n) is 4.27. The highest BCUT2D eigenvalue weighted by Crippen LogP contribution is 2.27. The zero-order valence-electron chi connectivity index (χ0n) is 23.9. The molecule has 10 heteroatoms. The van der Waals surface area contributed by atoms with E-state index in [1.54, 1.807) is 66.7 Å². The van der Waals surface area contributed by atoms with Crippen LogP contribution >= 0.6 is 11.6 Å². The highest BCUT2D eigenvalue weighted by atomic mass is 35.5. The fourth-order valence-corrected chi connectivity index (χ4v) is 5.83. The smallest absolute Gasteiger partial charge is 0.264 e. The number of sulfonamides is 1. The molecule has 0 heterocycles. The first-order valence-corrected chi connectivity index (χ1v) is 15.6. The Hall–Kier alpha value is -3.56. The number of hydrogen-bond donors (Lipinski definition) is 1. The largest absolute Gasteiger partial charge is 0.494 e. The maximum Gasteiger partial charge on any atom is 0.264 e. The molecule has 0 aliphatic heterocycles. The van der Waals surface area contributed by atoms with E-state index >= 15 is 0 Å². The van der Waals surface area contributed by atoms with Gasteiger partial charge in [0.15, 0.2) is 0 Å². The number of carbonyl (C=O) groups is 2. The minimum absolute atomic E-state index is 0.0486. The van der Waals surface area contributed by atoms with Gasteiger partial charge in [-0.3, -0.25) is 13.9 Å². The maximum absolute atomic E-state index is 14.1. The Morgan fingerprint density at radius 1 is 0.902 bits per heavy atom. The number of nitrogens with zero attached hydrogens (tertiary/aromatic N) is 2. The number of ether oxygens (including phenoxy) is 1. The second-order valence-electron chi connectivity index (χ2n) is 9.64. The SMILES string of the molecule is CCOc1ccc(N(CC(=O)N(Cc2ccc(Cl)cc2)[C@H](CC)C(=O)N[C@@H](C)CC)S(=O)(=O)c2ccccc2)cc1. The molecule has 3 rings (SSSR count). The van der Waals surface area contributed by atoms with Crippen molar-refractivity contribution in [3.8, 4) is 5.75 Å². The van der Waals surface area contributed by atoms with Crippen LogP contribution in [0.2, 0.25) is 5.02 Å². The van der Waals surface area contributed by atoms with Crippen LogP contribution in [0.15, 0.2) is 83.8 Å². The number of benzene rings is 3. The zero-order chi connectivity index (χ0) is 30.0. The summed E-state index contributed by atoms with van der Waals surface area (Å²) in [7, 11) is -4.13. The van der Waals surface area contributed by atoms with Gasteiger partial charge in [0.1, 0.15) is 18.3 Å². The van der Waals surface area contributed by atoms with Crippen molar-refractivity contribution in [2.45, 2.75) is 64.1 Å². The molecule has 0 aliphatic carbocycles. The molecular weight excluding hydrogens is 562 g/mol. The Kier molecular flexibility index (Phi) is 11.6. The lowest BCUT2D eigenvalue weighted by Crippen LogP contribution is -2.53. The van der Waals surface area contributed by atoms with Gasteiger partial charge in [-0.05, 0) is 80.8 Å². The second kappa shape index (κ2) is 14.9. The minimum Gasteiger partial charge on any atom is -0.494 e. The number of amides is 2. The van der Waals surface area contributed by atoms with Crippen molar-refractivity contribution in [1.82, 2.24) is 10.2 Å². The number of anilines is 1. The molecule has 3 aromatic carbocycles. The molecule has 2 amide bonds. The summed E-state index contributed by atoms with van der Waals surface area (Å²) in [5.41, 5.74) is 1.06. The quantitative estimate of drug-likeness (QED) is 0.258. The van der Waals surface area contributed by atoms with E-state index in [-0.39, 0.29) is 23.4 Å². The van der Waals surface area contributed by atoms with Crippen molar-refractivity contribution < 1.29 is 22.7 Å². The molecule has 0 bridgehead atoms. The third-order valence-corrected chi connectivity index (χ3v) is 8.74. The van der Waals surface area contributed by atoms with Crippen molar-refractivity contribution in [1.29, 1.82) is 0 Å². The number of halogens is 1. The van der Waals surface area contributed by atoms with Gasteiger partial charge in [-0.15, -0.1) is 0 Å². The van der Waals surface area contributed by atoms with Gasteiger partial charge in [0.25, 0.3) is 10.0 Å². The molecule has 41 heavy (non-hydrogen) atoms. The number of hydrogen-bond acceptors (Lipinski definition) is 5. The Morgan fingerprint density at radius 3 is 2.10 bits per heavy atom. The first-order chi connectivity index (χ1) is 19.6. The molecule has 0 aliphatic rings. The molecule has 0 radical (unpaired) electrons. The molecule has 8 nitrogen and oxygen atoms in total. The van der Waals surface area contributed by atoms with E-state index < -0.39 is 28.5 Å². The Balaban J connectivity index is 2.04. The van der Waals surface area contributed by atoms with E-state index in [2.05, 4.69) is 5.32 Å². The number of carbonyl (C=O) groups excluding carboxylic acids is 2. The summed E-state index contributed by atoms with van der Waals surface area (Å²) in [6, 6.07) is 20.6. The second-order valence-corrected chi connectivity index (χ2v) is 11.9. The van der Waals surface area contributed by atoms with Gasteiger partial charge in [-0.25, -0.2) is 8.42 Å². The zero-order valence-corrected chi connectivity index (χ0v) is 25.5. The van der Waals surface area contributed by atoms with Gasteiger partial charge in [0, 0.05) is 17.6 Å². The highest BCUT2D eigenvalue weighted by molar-refractivity contribution is 7.92. The van der Waals surface area contributed by atoms with E-state index in [0.717, 1.165) is 16.3 Å². The van der Waals surface area contributed by atoms with Crippen LogP contribution in [0.4, 0.5) is 5.69 Å². The van der Waals surface area contributed by atoms with E-state index in [9.17, 15) is 18.0 Å². The van der Waals surface area contributed by atoms with E-state index in [1.165, 1.54) is 17.0 Å².